The number of primary sulfonamides is 1. The van der Waals surface area contributed by atoms with Crippen LogP contribution in [0.15, 0.2) is 83.1 Å². The molecule has 0 saturated heterocycles. The van der Waals surface area contributed by atoms with Crippen LogP contribution in [0.5, 0.6) is 5.75 Å². The maximum atomic E-state index is 12.5. The fourth-order valence-electron chi connectivity index (χ4n) is 3.06. The third-order valence-electron chi connectivity index (χ3n) is 4.68. The van der Waals surface area contributed by atoms with E-state index < -0.39 is 10.0 Å². The van der Waals surface area contributed by atoms with Gasteiger partial charge in [0.15, 0.2) is 11.0 Å². The Labute approximate surface area is 200 Å². The number of anilines is 1. The molecule has 2 aromatic carbocycles. The van der Waals surface area contributed by atoms with E-state index in [2.05, 4.69) is 20.5 Å². The molecule has 0 atom stereocenters. The Morgan fingerprint density at radius 1 is 1.09 bits per heavy atom. The lowest BCUT2D eigenvalue weighted by Crippen LogP contribution is -2.15. The van der Waals surface area contributed by atoms with E-state index in [4.69, 9.17) is 9.88 Å². The molecule has 0 unspecified atom stereocenters. The van der Waals surface area contributed by atoms with E-state index in [0.29, 0.717) is 22.4 Å². The molecule has 0 spiro atoms. The lowest BCUT2D eigenvalue weighted by molar-refractivity contribution is -0.113. The summed E-state index contributed by atoms with van der Waals surface area (Å²) in [5.41, 5.74) is 2.02. The Hall–Kier alpha value is -3.74. The number of pyridine rings is 1. The zero-order chi connectivity index (χ0) is 24.1. The summed E-state index contributed by atoms with van der Waals surface area (Å²) in [7, 11) is -2.20. The lowest BCUT2D eigenvalue weighted by atomic mass is 10.2. The number of nitrogens with two attached hydrogens (primary N) is 1. The lowest BCUT2D eigenvalue weighted by Gasteiger charge is -2.11. The van der Waals surface area contributed by atoms with E-state index in [-0.39, 0.29) is 16.6 Å². The number of carbonyl (C=O) groups excluding carboxylic acids is 1. The van der Waals surface area contributed by atoms with Gasteiger partial charge in [0.2, 0.25) is 15.9 Å². The van der Waals surface area contributed by atoms with E-state index in [9.17, 15) is 13.2 Å². The first-order chi connectivity index (χ1) is 16.3. The van der Waals surface area contributed by atoms with E-state index in [1.807, 2.05) is 41.0 Å². The summed E-state index contributed by atoms with van der Waals surface area (Å²) in [6.45, 7) is 0. The second-order valence-corrected chi connectivity index (χ2v) is 9.49. The number of aromatic nitrogens is 4. The number of sulfonamides is 1. The molecular formula is C22H20N6O4S2. The second-order valence-electron chi connectivity index (χ2n) is 6.99. The summed E-state index contributed by atoms with van der Waals surface area (Å²) >= 11 is 1.21. The molecule has 0 radical (unpaired) electrons. The number of hydrogen-bond acceptors (Lipinski definition) is 8. The third kappa shape index (κ3) is 5.42. The maximum absolute atomic E-state index is 12.5. The highest BCUT2D eigenvalue weighted by Gasteiger charge is 2.18. The molecule has 0 aliphatic carbocycles. The van der Waals surface area contributed by atoms with Crippen LogP contribution < -0.4 is 15.2 Å². The number of methoxy groups -OCH3 is 1. The van der Waals surface area contributed by atoms with Crippen molar-refractivity contribution >= 4 is 33.4 Å². The van der Waals surface area contributed by atoms with Crippen molar-refractivity contribution in [3.05, 3.63) is 73.1 Å². The van der Waals surface area contributed by atoms with Crippen molar-refractivity contribution in [2.45, 2.75) is 10.1 Å². The Bertz CT molecular complexity index is 1390. The molecule has 0 saturated carbocycles. The molecule has 1 amide bonds. The fraction of sp³-hybridized carbons (Fsp3) is 0.0909. The van der Waals surface area contributed by atoms with Gasteiger partial charge in [-0.2, -0.15) is 0 Å². The molecule has 0 bridgehead atoms. The van der Waals surface area contributed by atoms with Crippen LogP contribution in [0.2, 0.25) is 0 Å². The number of amides is 1. The highest BCUT2D eigenvalue weighted by atomic mass is 32.2. The first-order valence-electron chi connectivity index (χ1n) is 9.91. The Morgan fingerprint density at radius 2 is 1.82 bits per heavy atom. The minimum absolute atomic E-state index is 0.0320. The highest BCUT2D eigenvalue weighted by Crippen LogP contribution is 2.28. The van der Waals surface area contributed by atoms with Crippen molar-refractivity contribution in [1.29, 1.82) is 0 Å². The van der Waals surface area contributed by atoms with Crippen molar-refractivity contribution in [3.8, 4) is 22.8 Å². The quantitative estimate of drug-likeness (QED) is 0.355. The summed E-state index contributed by atoms with van der Waals surface area (Å²) in [5.74, 6) is 1.06. The van der Waals surface area contributed by atoms with Gasteiger partial charge in [0.25, 0.3) is 0 Å². The van der Waals surface area contributed by atoms with Crippen molar-refractivity contribution in [1.82, 2.24) is 19.7 Å². The van der Waals surface area contributed by atoms with Crippen LogP contribution in [0.1, 0.15) is 0 Å². The van der Waals surface area contributed by atoms with Gasteiger partial charge in [-0.15, -0.1) is 10.2 Å². The largest absolute Gasteiger partial charge is 0.497 e. The van der Waals surface area contributed by atoms with Gasteiger partial charge in [0.1, 0.15) is 5.75 Å². The van der Waals surface area contributed by atoms with Crippen LogP contribution in [-0.4, -0.2) is 46.9 Å². The van der Waals surface area contributed by atoms with E-state index in [0.717, 1.165) is 11.3 Å². The van der Waals surface area contributed by atoms with Crippen molar-refractivity contribution in [3.63, 3.8) is 0 Å². The van der Waals surface area contributed by atoms with Crippen LogP contribution in [0.3, 0.4) is 0 Å². The highest BCUT2D eigenvalue weighted by molar-refractivity contribution is 7.99. The number of rotatable bonds is 8. The molecule has 0 fully saturated rings. The van der Waals surface area contributed by atoms with Crippen LogP contribution in [-0.2, 0) is 14.8 Å². The Kier molecular flexibility index (Phi) is 6.91. The van der Waals surface area contributed by atoms with Crippen LogP contribution in [0.4, 0.5) is 5.69 Å². The molecule has 174 valence electrons. The van der Waals surface area contributed by atoms with Gasteiger partial charge in [-0.1, -0.05) is 11.8 Å². The summed E-state index contributed by atoms with van der Waals surface area (Å²) in [6, 6.07) is 16.7. The normalized spacial score (nSPS) is 11.2. The number of ether oxygens (including phenoxy) is 1. The third-order valence-corrected chi connectivity index (χ3v) is 6.54. The number of nitrogens with zero attached hydrogens (tertiary/aromatic N) is 4. The van der Waals surface area contributed by atoms with Gasteiger partial charge < -0.3 is 10.1 Å². The van der Waals surface area contributed by atoms with E-state index in [1.54, 1.807) is 19.5 Å². The van der Waals surface area contributed by atoms with Crippen LogP contribution >= 0.6 is 11.8 Å². The first kappa shape index (κ1) is 23.4. The van der Waals surface area contributed by atoms with Gasteiger partial charge in [-0.3, -0.25) is 14.3 Å². The van der Waals surface area contributed by atoms with Crippen LogP contribution in [0, 0.1) is 0 Å². The number of benzene rings is 2. The molecule has 2 heterocycles. The summed E-state index contributed by atoms with van der Waals surface area (Å²) < 4.78 is 29.8. The number of thioether (sulfide) groups is 1. The van der Waals surface area contributed by atoms with Gasteiger partial charge in [-0.25, -0.2) is 13.6 Å². The maximum Gasteiger partial charge on any atom is 0.238 e. The minimum atomic E-state index is -3.80. The number of carbonyl (C=O) groups is 1. The van der Waals surface area contributed by atoms with Gasteiger partial charge in [0, 0.05) is 29.3 Å². The predicted molar refractivity (Wildman–Crippen MR) is 128 cm³/mol. The summed E-state index contributed by atoms with van der Waals surface area (Å²) in [5, 5.41) is 16.9. The minimum Gasteiger partial charge on any atom is -0.497 e. The smallest absolute Gasteiger partial charge is 0.238 e. The molecule has 34 heavy (non-hydrogen) atoms. The Balaban J connectivity index is 1.54. The molecule has 4 rings (SSSR count). The van der Waals surface area contributed by atoms with E-state index >= 15 is 0 Å². The van der Waals surface area contributed by atoms with Crippen molar-refractivity contribution in [2.24, 2.45) is 5.14 Å². The molecular weight excluding hydrogens is 476 g/mol. The molecule has 4 aromatic rings. The van der Waals surface area contributed by atoms with Gasteiger partial charge in [-0.05, 0) is 60.7 Å². The monoisotopic (exact) mass is 496 g/mol. The molecule has 2 aromatic heterocycles. The standard InChI is InChI=1S/C22H20N6O4S2/c1-32-18-8-6-17(7-9-18)28-21(15-3-2-12-24-13-15)26-27-22(28)33-14-20(29)25-16-4-10-19(11-5-16)34(23,30)31/h2-13H,14H2,1H3,(H,25,29)(H2,23,30,31). The average Bonchev–Trinajstić information content (AvgIpc) is 3.27. The Morgan fingerprint density at radius 3 is 2.44 bits per heavy atom. The van der Waals surface area contributed by atoms with Crippen molar-refractivity contribution < 1.29 is 17.9 Å². The van der Waals surface area contributed by atoms with E-state index in [1.165, 1.54) is 36.0 Å². The van der Waals surface area contributed by atoms with Crippen molar-refractivity contribution in [2.75, 3.05) is 18.2 Å². The average molecular weight is 497 g/mol. The van der Waals surface area contributed by atoms with Gasteiger partial charge >= 0.3 is 0 Å². The number of hydrogen-bond donors (Lipinski definition) is 2. The number of nitrogens with one attached hydrogen (secondary N) is 1. The SMILES string of the molecule is COc1ccc(-n2c(SCC(=O)Nc3ccc(S(N)(=O)=O)cc3)nnc2-c2cccnc2)cc1. The topological polar surface area (TPSA) is 142 Å². The molecule has 10 nitrogen and oxygen atoms in total. The summed E-state index contributed by atoms with van der Waals surface area (Å²) in [4.78, 5) is 16.6. The van der Waals surface area contributed by atoms with Crippen LogP contribution in [0.25, 0.3) is 17.1 Å². The summed E-state index contributed by atoms with van der Waals surface area (Å²) in [6.07, 6.45) is 3.36. The molecule has 12 heteroatoms. The molecule has 3 N–H and O–H groups in total. The second kappa shape index (κ2) is 10.0. The zero-order valence-electron chi connectivity index (χ0n) is 18.0. The fourth-order valence-corrected chi connectivity index (χ4v) is 4.33. The van der Waals surface area contributed by atoms with Gasteiger partial charge in [0.05, 0.1) is 17.8 Å². The zero-order valence-corrected chi connectivity index (χ0v) is 19.6. The molecule has 0 aliphatic heterocycles. The molecule has 0 aliphatic rings. The first-order valence-corrected chi connectivity index (χ1v) is 12.4. The predicted octanol–water partition coefficient (Wildman–Crippen LogP) is 2.72.